The number of methoxy groups -OCH3 is 2. The molecule has 5 nitrogen and oxygen atoms in total. The maximum absolute atomic E-state index is 13.0. The third-order valence-electron chi connectivity index (χ3n) is 2.43. The van der Waals surface area contributed by atoms with Gasteiger partial charge < -0.3 is 24.6 Å². The third-order valence-corrected chi connectivity index (χ3v) is 2.43. The lowest BCUT2D eigenvalue weighted by molar-refractivity contribution is 0.0182. The molecule has 1 rings (SSSR count). The molecule has 0 saturated carbocycles. The van der Waals surface area contributed by atoms with E-state index in [1.807, 2.05) is 0 Å². The highest BCUT2D eigenvalue weighted by Crippen LogP contribution is 2.24. The van der Waals surface area contributed by atoms with Gasteiger partial charge in [0.1, 0.15) is 11.6 Å². The van der Waals surface area contributed by atoms with Crippen molar-refractivity contribution in [2.75, 3.05) is 45.9 Å². The Hall–Kier alpha value is -1.37. The van der Waals surface area contributed by atoms with Crippen LogP contribution in [0, 0.1) is 5.82 Å². The van der Waals surface area contributed by atoms with Crippen LogP contribution in [0.15, 0.2) is 18.2 Å². The van der Waals surface area contributed by atoms with Gasteiger partial charge in [0.25, 0.3) is 0 Å². The van der Waals surface area contributed by atoms with Gasteiger partial charge in [-0.2, -0.15) is 0 Å². The van der Waals surface area contributed by atoms with Crippen molar-refractivity contribution < 1.29 is 23.7 Å². The van der Waals surface area contributed by atoms with E-state index in [4.69, 9.17) is 14.2 Å². The molecule has 0 fully saturated rings. The largest absolute Gasteiger partial charge is 0.494 e. The van der Waals surface area contributed by atoms with Crippen molar-refractivity contribution in [1.29, 1.82) is 0 Å². The quantitative estimate of drug-likeness (QED) is 0.664. The van der Waals surface area contributed by atoms with E-state index in [9.17, 15) is 9.50 Å². The minimum absolute atomic E-state index is 0.208. The Balaban J connectivity index is 2.35. The first-order valence-electron chi connectivity index (χ1n) is 5.99. The molecule has 0 bridgehead atoms. The van der Waals surface area contributed by atoms with E-state index in [1.54, 1.807) is 13.2 Å². The molecule has 1 aromatic carbocycles. The zero-order valence-corrected chi connectivity index (χ0v) is 11.2. The highest BCUT2D eigenvalue weighted by Gasteiger charge is 2.08. The molecule has 108 valence electrons. The summed E-state index contributed by atoms with van der Waals surface area (Å²) in [5.74, 6) is 0.0262. The average molecular weight is 273 g/mol. The van der Waals surface area contributed by atoms with Gasteiger partial charge in [0.05, 0.1) is 38.7 Å². The van der Waals surface area contributed by atoms with Gasteiger partial charge in [0, 0.05) is 19.7 Å². The summed E-state index contributed by atoms with van der Waals surface area (Å²) in [5.41, 5.74) is 0.625. The zero-order chi connectivity index (χ0) is 14.1. The highest BCUT2D eigenvalue weighted by molar-refractivity contribution is 5.56. The van der Waals surface area contributed by atoms with Crippen LogP contribution in [-0.2, 0) is 9.47 Å². The summed E-state index contributed by atoms with van der Waals surface area (Å²) in [6.45, 7) is 1.42. The van der Waals surface area contributed by atoms with E-state index in [1.165, 1.54) is 19.2 Å². The Morgan fingerprint density at radius 1 is 1.32 bits per heavy atom. The predicted octanol–water partition coefficient (Wildman–Crippen LogP) is 1.27. The molecular weight excluding hydrogens is 253 g/mol. The number of benzene rings is 1. The lowest BCUT2D eigenvalue weighted by atomic mass is 10.2. The van der Waals surface area contributed by atoms with Crippen LogP contribution in [0.1, 0.15) is 0 Å². The normalized spacial score (nSPS) is 12.2. The molecule has 6 heteroatoms. The lowest BCUT2D eigenvalue weighted by Crippen LogP contribution is -2.25. The number of aliphatic hydroxyl groups is 1. The first kappa shape index (κ1) is 15.7. The predicted molar refractivity (Wildman–Crippen MR) is 70.1 cm³/mol. The van der Waals surface area contributed by atoms with Crippen LogP contribution < -0.4 is 10.1 Å². The summed E-state index contributed by atoms with van der Waals surface area (Å²) in [4.78, 5) is 0. The molecule has 1 unspecified atom stereocenters. The van der Waals surface area contributed by atoms with Crippen molar-refractivity contribution in [3.8, 4) is 5.75 Å². The second-order valence-electron chi connectivity index (χ2n) is 3.95. The van der Waals surface area contributed by atoms with Crippen LogP contribution in [0.5, 0.6) is 5.75 Å². The second kappa shape index (κ2) is 8.68. The summed E-state index contributed by atoms with van der Waals surface area (Å²) < 4.78 is 28.0. The topological polar surface area (TPSA) is 60.0 Å². The Morgan fingerprint density at radius 3 is 2.79 bits per heavy atom. The second-order valence-corrected chi connectivity index (χ2v) is 3.95. The molecule has 0 amide bonds. The number of nitrogens with one attached hydrogen (secondary N) is 1. The Labute approximate surface area is 112 Å². The molecule has 1 aromatic rings. The van der Waals surface area contributed by atoms with Crippen LogP contribution >= 0.6 is 0 Å². The first-order chi connectivity index (χ1) is 9.17. The van der Waals surface area contributed by atoms with Crippen molar-refractivity contribution in [3.05, 3.63) is 24.0 Å². The average Bonchev–Trinajstić information content (AvgIpc) is 2.42. The van der Waals surface area contributed by atoms with Crippen LogP contribution in [0.4, 0.5) is 10.1 Å². The maximum atomic E-state index is 13.0. The van der Waals surface area contributed by atoms with Gasteiger partial charge in [-0.15, -0.1) is 0 Å². The fraction of sp³-hybridized carbons (Fsp3) is 0.538. The standard InChI is InChI=1S/C13H20FNO4/c1-17-5-6-19-9-11(16)8-15-12-4-3-10(14)7-13(12)18-2/h3-4,7,11,15-16H,5-6,8-9H2,1-2H3. The summed E-state index contributed by atoms with van der Waals surface area (Å²) in [6.07, 6.45) is -0.661. The van der Waals surface area contributed by atoms with E-state index in [0.29, 0.717) is 24.7 Å². The molecule has 2 N–H and O–H groups in total. The molecule has 0 aliphatic rings. The number of halogens is 1. The third kappa shape index (κ3) is 5.87. The molecular formula is C13H20FNO4. The van der Waals surface area contributed by atoms with E-state index in [0.717, 1.165) is 0 Å². The molecule has 0 aromatic heterocycles. The van der Waals surface area contributed by atoms with Gasteiger partial charge in [-0.25, -0.2) is 4.39 Å². The lowest BCUT2D eigenvalue weighted by Gasteiger charge is -2.15. The van der Waals surface area contributed by atoms with Crippen molar-refractivity contribution in [2.24, 2.45) is 0 Å². The van der Waals surface area contributed by atoms with Gasteiger partial charge in [-0.3, -0.25) is 0 Å². The smallest absolute Gasteiger partial charge is 0.144 e. The molecule has 0 aliphatic carbocycles. The van der Waals surface area contributed by atoms with E-state index in [2.05, 4.69) is 5.32 Å². The number of hydrogen-bond acceptors (Lipinski definition) is 5. The number of aliphatic hydroxyl groups excluding tert-OH is 1. The van der Waals surface area contributed by atoms with Crippen molar-refractivity contribution in [1.82, 2.24) is 0 Å². The molecule has 0 radical (unpaired) electrons. The highest BCUT2D eigenvalue weighted by atomic mass is 19.1. The fourth-order valence-corrected chi connectivity index (χ4v) is 1.46. The minimum atomic E-state index is -0.661. The number of anilines is 1. The van der Waals surface area contributed by atoms with Crippen molar-refractivity contribution >= 4 is 5.69 Å². The number of ether oxygens (including phenoxy) is 3. The Morgan fingerprint density at radius 2 is 2.11 bits per heavy atom. The van der Waals surface area contributed by atoms with Gasteiger partial charge in [0.2, 0.25) is 0 Å². The van der Waals surface area contributed by atoms with E-state index < -0.39 is 6.10 Å². The SMILES string of the molecule is COCCOCC(O)CNc1ccc(F)cc1OC. The Kier molecular flexibility index (Phi) is 7.17. The van der Waals surface area contributed by atoms with Gasteiger partial charge in [-0.1, -0.05) is 0 Å². The molecule has 1 atom stereocenters. The zero-order valence-electron chi connectivity index (χ0n) is 11.2. The van der Waals surface area contributed by atoms with Crippen LogP contribution in [0.25, 0.3) is 0 Å². The Bertz CT molecular complexity index is 376. The van der Waals surface area contributed by atoms with Crippen LogP contribution in [0.2, 0.25) is 0 Å². The minimum Gasteiger partial charge on any atom is -0.494 e. The first-order valence-corrected chi connectivity index (χ1v) is 5.99. The maximum Gasteiger partial charge on any atom is 0.144 e. The molecule has 0 spiro atoms. The van der Waals surface area contributed by atoms with E-state index >= 15 is 0 Å². The molecule has 0 heterocycles. The van der Waals surface area contributed by atoms with Crippen molar-refractivity contribution in [2.45, 2.75) is 6.10 Å². The van der Waals surface area contributed by atoms with Crippen LogP contribution in [-0.4, -0.2) is 51.8 Å². The summed E-state index contributed by atoms with van der Waals surface area (Å²) in [7, 11) is 3.05. The fourth-order valence-electron chi connectivity index (χ4n) is 1.46. The van der Waals surface area contributed by atoms with Gasteiger partial charge in [0.15, 0.2) is 0 Å². The number of hydrogen-bond donors (Lipinski definition) is 2. The molecule has 0 aliphatic heterocycles. The van der Waals surface area contributed by atoms with Gasteiger partial charge >= 0.3 is 0 Å². The summed E-state index contributed by atoms with van der Waals surface area (Å²) in [5, 5.41) is 12.7. The van der Waals surface area contributed by atoms with Crippen LogP contribution in [0.3, 0.4) is 0 Å². The van der Waals surface area contributed by atoms with E-state index in [-0.39, 0.29) is 19.0 Å². The molecule has 0 saturated heterocycles. The number of rotatable bonds is 9. The van der Waals surface area contributed by atoms with Crippen molar-refractivity contribution in [3.63, 3.8) is 0 Å². The summed E-state index contributed by atoms with van der Waals surface area (Å²) >= 11 is 0. The molecule has 19 heavy (non-hydrogen) atoms. The summed E-state index contributed by atoms with van der Waals surface area (Å²) in [6, 6.07) is 4.17. The monoisotopic (exact) mass is 273 g/mol. The van der Waals surface area contributed by atoms with Gasteiger partial charge in [-0.05, 0) is 12.1 Å².